The van der Waals surface area contributed by atoms with Crippen LogP contribution < -0.4 is 20.7 Å². The van der Waals surface area contributed by atoms with Crippen molar-refractivity contribution in [2.45, 2.75) is 39.3 Å². The Morgan fingerprint density at radius 1 is 1.07 bits per heavy atom. The third kappa shape index (κ3) is 5.74. The Morgan fingerprint density at radius 2 is 1.84 bits per heavy atom. The van der Waals surface area contributed by atoms with Crippen LogP contribution in [0.4, 0.5) is 15.8 Å². The van der Waals surface area contributed by atoms with Gasteiger partial charge >= 0.3 is 0 Å². The molecule has 1 atom stereocenters. The van der Waals surface area contributed by atoms with Crippen LogP contribution >= 0.6 is 0 Å². The summed E-state index contributed by atoms with van der Waals surface area (Å²) in [5.41, 5.74) is 7.04. The van der Waals surface area contributed by atoms with Gasteiger partial charge in [-0.2, -0.15) is 0 Å². The molecule has 45 heavy (non-hydrogen) atoms. The highest BCUT2D eigenvalue weighted by Gasteiger charge is 2.45. The summed E-state index contributed by atoms with van der Waals surface area (Å²) in [5, 5.41) is 14.2. The van der Waals surface area contributed by atoms with E-state index in [1.165, 1.54) is 41.4 Å². The first kappa shape index (κ1) is 29.6. The predicted octanol–water partition coefficient (Wildman–Crippen LogP) is 6.06. The zero-order valence-corrected chi connectivity index (χ0v) is 24.7. The number of Topliss-reactive ketones (excluding diaryl/α,β-unsaturated/α-hetero) is 1. The molecule has 2 aliphatic rings. The number of aromatic nitrogens is 1. The second-order valence-electron chi connectivity index (χ2n) is 12.0. The zero-order chi connectivity index (χ0) is 31.9. The number of nitrogens with zero attached hydrogens (tertiary/aromatic N) is 2. The number of halogens is 1. The van der Waals surface area contributed by atoms with Gasteiger partial charge in [0.05, 0.1) is 17.3 Å². The van der Waals surface area contributed by atoms with E-state index in [0.717, 1.165) is 5.56 Å². The molecule has 2 heterocycles. The lowest BCUT2D eigenvalue weighted by Gasteiger charge is -2.37. The number of para-hydroxylation sites is 1. The Hall–Kier alpha value is -5.51. The van der Waals surface area contributed by atoms with Gasteiger partial charge in [-0.05, 0) is 53.8 Å². The van der Waals surface area contributed by atoms with E-state index >= 15 is 4.39 Å². The highest BCUT2D eigenvalue weighted by molar-refractivity contribution is 6.12. The maximum atomic E-state index is 16.3. The molecule has 0 fully saturated rings. The average molecular weight is 607 g/mol. The van der Waals surface area contributed by atoms with Gasteiger partial charge in [0.2, 0.25) is 5.91 Å². The summed E-state index contributed by atoms with van der Waals surface area (Å²) in [6.45, 7) is 4.13. The van der Waals surface area contributed by atoms with Crippen LogP contribution in [0.25, 0.3) is 0 Å². The topological polar surface area (TPSA) is 135 Å². The number of carbonyl (C=O) groups excluding carboxylic acids is 3. The van der Waals surface area contributed by atoms with Crippen molar-refractivity contribution < 1.29 is 28.6 Å². The Bertz CT molecular complexity index is 1850. The van der Waals surface area contributed by atoms with Gasteiger partial charge in [0.25, 0.3) is 5.91 Å². The SMILES string of the molecule is CC1(C)CC(=O)C2=C(C1)Nc1c(O)cccc1N(C(=O)c1ccc(C(N)=O)cn1)C2c1ccc(OCc2ccccc2)cc1F. The van der Waals surface area contributed by atoms with Crippen LogP contribution in [0.1, 0.15) is 64.7 Å². The number of ketones is 1. The number of nitrogens with two attached hydrogens (primary N) is 1. The van der Waals surface area contributed by atoms with E-state index in [0.29, 0.717) is 12.1 Å². The van der Waals surface area contributed by atoms with Crippen molar-refractivity contribution in [3.05, 3.63) is 125 Å². The van der Waals surface area contributed by atoms with Gasteiger partial charge in [-0.1, -0.05) is 50.2 Å². The molecule has 3 aromatic carbocycles. The van der Waals surface area contributed by atoms with Gasteiger partial charge in [-0.25, -0.2) is 4.39 Å². The van der Waals surface area contributed by atoms with E-state index in [1.807, 2.05) is 44.2 Å². The number of ether oxygens (including phenoxy) is 1. The molecule has 228 valence electrons. The summed E-state index contributed by atoms with van der Waals surface area (Å²) in [6.07, 6.45) is 1.76. The molecule has 1 aliphatic carbocycles. The minimum Gasteiger partial charge on any atom is -0.506 e. The largest absolute Gasteiger partial charge is 0.506 e. The number of hydrogen-bond acceptors (Lipinski definition) is 7. The minimum atomic E-state index is -1.23. The number of primary amides is 1. The van der Waals surface area contributed by atoms with Crippen molar-refractivity contribution >= 4 is 29.0 Å². The van der Waals surface area contributed by atoms with E-state index in [2.05, 4.69) is 10.3 Å². The van der Waals surface area contributed by atoms with Gasteiger partial charge < -0.3 is 20.9 Å². The molecule has 0 saturated carbocycles. The smallest absolute Gasteiger partial charge is 0.277 e. The number of aromatic hydroxyl groups is 1. The van der Waals surface area contributed by atoms with E-state index in [9.17, 15) is 19.5 Å². The molecule has 1 unspecified atom stereocenters. The van der Waals surface area contributed by atoms with Crippen LogP contribution in [0, 0.1) is 11.2 Å². The Morgan fingerprint density at radius 3 is 2.53 bits per heavy atom. The van der Waals surface area contributed by atoms with E-state index in [-0.39, 0.29) is 64.1 Å². The molecule has 4 N–H and O–H groups in total. The first-order valence-corrected chi connectivity index (χ1v) is 14.4. The number of phenolic OH excluding ortho intramolecular Hbond substituents is 1. The van der Waals surface area contributed by atoms with Crippen LogP contribution in [-0.4, -0.2) is 27.7 Å². The van der Waals surface area contributed by atoms with Gasteiger partial charge in [0, 0.05) is 35.5 Å². The highest BCUT2D eigenvalue weighted by Crippen LogP contribution is 2.51. The summed E-state index contributed by atoms with van der Waals surface area (Å²) in [4.78, 5) is 45.5. The molecule has 9 nitrogen and oxygen atoms in total. The molecule has 10 heteroatoms. The van der Waals surface area contributed by atoms with Crippen molar-refractivity contribution in [1.82, 2.24) is 4.98 Å². The van der Waals surface area contributed by atoms with Crippen LogP contribution in [0.2, 0.25) is 0 Å². The number of phenols is 1. The van der Waals surface area contributed by atoms with Crippen LogP contribution in [-0.2, 0) is 11.4 Å². The van der Waals surface area contributed by atoms with E-state index in [1.54, 1.807) is 18.2 Å². The number of anilines is 2. The molecular formula is C35H31FN4O5. The van der Waals surface area contributed by atoms with Crippen molar-refractivity contribution in [2.24, 2.45) is 11.1 Å². The number of rotatable bonds is 6. The molecule has 4 aromatic rings. The molecule has 1 aliphatic heterocycles. The molecular weight excluding hydrogens is 575 g/mol. The molecule has 0 bridgehead atoms. The van der Waals surface area contributed by atoms with Crippen molar-refractivity contribution in [1.29, 1.82) is 0 Å². The average Bonchev–Trinajstić information content (AvgIpc) is 3.15. The maximum absolute atomic E-state index is 16.3. The number of nitrogens with one attached hydrogen (secondary N) is 1. The zero-order valence-electron chi connectivity index (χ0n) is 24.7. The Balaban J connectivity index is 1.52. The number of fused-ring (bicyclic) bond motifs is 1. The third-order valence-corrected chi connectivity index (χ3v) is 8.01. The second kappa shape index (κ2) is 11.5. The van der Waals surface area contributed by atoms with Crippen molar-refractivity contribution in [3.8, 4) is 11.5 Å². The summed E-state index contributed by atoms with van der Waals surface area (Å²) >= 11 is 0. The molecule has 0 radical (unpaired) electrons. The lowest BCUT2D eigenvalue weighted by atomic mass is 9.73. The normalized spacial score (nSPS) is 17.1. The quantitative estimate of drug-likeness (QED) is 0.227. The fourth-order valence-electron chi connectivity index (χ4n) is 5.91. The first-order valence-electron chi connectivity index (χ1n) is 14.4. The van der Waals surface area contributed by atoms with Crippen LogP contribution in [0.15, 0.2) is 96.3 Å². The van der Waals surface area contributed by atoms with Crippen molar-refractivity contribution in [3.63, 3.8) is 0 Å². The molecule has 0 saturated heterocycles. The lowest BCUT2D eigenvalue weighted by molar-refractivity contribution is -0.118. The summed E-state index contributed by atoms with van der Waals surface area (Å²) < 4.78 is 22.1. The number of allylic oxidation sites excluding steroid dienone is 1. The summed E-state index contributed by atoms with van der Waals surface area (Å²) in [6, 6.07) is 19.9. The number of benzene rings is 3. The van der Waals surface area contributed by atoms with Crippen LogP contribution in [0.5, 0.6) is 11.5 Å². The fourth-order valence-corrected chi connectivity index (χ4v) is 5.91. The summed E-state index contributed by atoms with van der Waals surface area (Å²) in [7, 11) is 0. The molecule has 1 aromatic heterocycles. The number of pyridine rings is 1. The molecule has 0 spiro atoms. The lowest BCUT2D eigenvalue weighted by Crippen LogP contribution is -2.40. The van der Waals surface area contributed by atoms with E-state index < -0.39 is 29.1 Å². The van der Waals surface area contributed by atoms with Crippen LogP contribution in [0.3, 0.4) is 0 Å². The standard InChI is InChI=1S/C35H31FN4O5/c1-35(2)16-26-30(29(42)17-35)32(23-13-12-22(15-24(23)36)45-19-20-7-4-3-5-8-20)40(27-9-6-10-28(41)31(27)39-26)34(44)25-14-11-21(18-38-25)33(37)43/h3-15,18,32,39,41H,16-17,19H2,1-2H3,(H2,37,43). The summed E-state index contributed by atoms with van der Waals surface area (Å²) in [5.74, 6) is -2.22. The first-order chi connectivity index (χ1) is 21.5. The maximum Gasteiger partial charge on any atom is 0.277 e. The van der Waals surface area contributed by atoms with Gasteiger partial charge in [0.15, 0.2) is 5.78 Å². The minimum absolute atomic E-state index is 0.0581. The Labute approximate surface area is 259 Å². The van der Waals surface area contributed by atoms with Crippen molar-refractivity contribution in [2.75, 3.05) is 10.2 Å². The second-order valence-corrected chi connectivity index (χ2v) is 12.0. The third-order valence-electron chi connectivity index (χ3n) is 8.01. The fraction of sp³-hybridized carbons (Fsp3) is 0.200. The highest BCUT2D eigenvalue weighted by atomic mass is 19.1. The predicted molar refractivity (Wildman–Crippen MR) is 166 cm³/mol. The molecule has 2 amide bonds. The monoisotopic (exact) mass is 606 g/mol. The number of amides is 2. The van der Waals surface area contributed by atoms with E-state index in [4.69, 9.17) is 10.5 Å². The molecule has 6 rings (SSSR count). The van der Waals surface area contributed by atoms with Gasteiger partial charge in [-0.15, -0.1) is 0 Å². The number of carbonyl (C=O) groups is 3. The van der Waals surface area contributed by atoms with Gasteiger partial charge in [-0.3, -0.25) is 24.3 Å². The van der Waals surface area contributed by atoms with Gasteiger partial charge in [0.1, 0.15) is 35.3 Å². The number of hydrogen-bond donors (Lipinski definition) is 3. The Kier molecular flexibility index (Phi) is 7.57.